The van der Waals surface area contributed by atoms with Gasteiger partial charge in [-0.15, -0.1) is 0 Å². The zero-order valence-electron chi connectivity index (χ0n) is 9.77. The second-order valence-corrected chi connectivity index (χ2v) is 4.30. The number of benzene rings is 1. The van der Waals surface area contributed by atoms with Gasteiger partial charge >= 0.3 is 0 Å². The van der Waals surface area contributed by atoms with E-state index in [0.717, 1.165) is 34.8 Å². The first-order valence-electron chi connectivity index (χ1n) is 5.32. The maximum Gasteiger partial charge on any atom is 0.148 e. The molecule has 1 aromatic carbocycles. The van der Waals surface area contributed by atoms with E-state index in [1.807, 2.05) is 6.92 Å². The van der Waals surface area contributed by atoms with Gasteiger partial charge in [0.1, 0.15) is 11.9 Å². The Balaban J connectivity index is 2.65. The maximum absolute atomic E-state index is 6.04. The summed E-state index contributed by atoms with van der Waals surface area (Å²) in [6.07, 6.45) is 0.206. The molecule has 0 amide bonds. The van der Waals surface area contributed by atoms with Gasteiger partial charge < -0.3 is 15.8 Å². The highest BCUT2D eigenvalue weighted by Crippen LogP contribution is 2.41. The predicted octanol–water partition coefficient (Wildman–Crippen LogP) is 2.39. The minimum absolute atomic E-state index is 0.206. The summed E-state index contributed by atoms with van der Waals surface area (Å²) in [6.45, 7) is 9.06. The molecule has 15 heavy (non-hydrogen) atoms. The fraction of sp³-hybridized carbons (Fsp3) is 0.500. The summed E-state index contributed by atoms with van der Waals surface area (Å²) in [6, 6.07) is 0. The zero-order valence-corrected chi connectivity index (χ0v) is 9.77. The monoisotopic (exact) mass is 206 g/mol. The molecular weight excluding hydrogens is 188 g/mol. The van der Waals surface area contributed by atoms with Gasteiger partial charge in [-0.25, -0.2) is 0 Å². The van der Waals surface area contributed by atoms with Gasteiger partial charge in [-0.05, 0) is 38.8 Å². The quantitative estimate of drug-likeness (QED) is 0.641. The molecule has 1 heterocycles. The van der Waals surface area contributed by atoms with Crippen LogP contribution in [0.2, 0.25) is 0 Å². The molecule has 3 N–H and O–H groups in total. The third-order valence-electron chi connectivity index (χ3n) is 3.20. The predicted molar refractivity (Wildman–Crippen MR) is 63.6 cm³/mol. The van der Waals surface area contributed by atoms with Crippen molar-refractivity contribution in [1.82, 2.24) is 0 Å². The van der Waals surface area contributed by atoms with E-state index in [4.69, 9.17) is 10.5 Å². The molecule has 3 nitrogen and oxygen atoms in total. The highest BCUT2D eigenvalue weighted by Gasteiger charge is 2.22. The van der Waals surface area contributed by atoms with E-state index in [9.17, 15) is 0 Å². The highest BCUT2D eigenvalue weighted by molar-refractivity contribution is 5.76. The van der Waals surface area contributed by atoms with E-state index in [1.54, 1.807) is 0 Å². The Kier molecular flexibility index (Phi) is 2.25. The first-order chi connectivity index (χ1) is 7.02. The van der Waals surface area contributed by atoms with Crippen LogP contribution in [0.4, 0.5) is 11.4 Å². The molecule has 0 aromatic heterocycles. The first-order valence-corrected chi connectivity index (χ1v) is 5.32. The number of anilines is 2. The fourth-order valence-corrected chi connectivity index (χ4v) is 2.00. The van der Waals surface area contributed by atoms with E-state index >= 15 is 0 Å². The summed E-state index contributed by atoms with van der Waals surface area (Å²) in [5.74, 6) is 0.925. The number of nitrogens with two attached hydrogens (primary N) is 1. The van der Waals surface area contributed by atoms with Crippen LogP contribution in [0, 0.1) is 20.8 Å². The van der Waals surface area contributed by atoms with Gasteiger partial charge in [-0.3, -0.25) is 0 Å². The zero-order chi connectivity index (χ0) is 11.2. The van der Waals surface area contributed by atoms with Gasteiger partial charge in [0.15, 0.2) is 0 Å². The van der Waals surface area contributed by atoms with Crippen molar-refractivity contribution in [3.05, 3.63) is 16.7 Å². The van der Waals surface area contributed by atoms with E-state index in [-0.39, 0.29) is 6.10 Å². The van der Waals surface area contributed by atoms with Crippen molar-refractivity contribution in [2.45, 2.75) is 33.8 Å². The normalized spacial score (nSPS) is 19.1. The molecule has 0 aliphatic carbocycles. The average Bonchev–Trinajstić information content (AvgIpc) is 2.23. The van der Waals surface area contributed by atoms with Crippen LogP contribution in [0.3, 0.4) is 0 Å². The molecular formula is C12H18N2O. The third kappa shape index (κ3) is 1.42. The van der Waals surface area contributed by atoms with Crippen LogP contribution in [0.15, 0.2) is 0 Å². The third-order valence-corrected chi connectivity index (χ3v) is 3.20. The summed E-state index contributed by atoms with van der Waals surface area (Å²) >= 11 is 0. The van der Waals surface area contributed by atoms with Gasteiger partial charge in [0.05, 0.1) is 12.2 Å². The molecule has 3 heteroatoms. The topological polar surface area (TPSA) is 47.3 Å². The Morgan fingerprint density at radius 2 is 1.87 bits per heavy atom. The number of nitrogen functional groups attached to an aromatic ring is 1. The number of rotatable bonds is 0. The second kappa shape index (κ2) is 3.33. The largest absolute Gasteiger partial charge is 0.486 e. The second-order valence-electron chi connectivity index (χ2n) is 4.30. The van der Waals surface area contributed by atoms with Crippen molar-refractivity contribution in [3.8, 4) is 5.75 Å². The van der Waals surface area contributed by atoms with Crippen molar-refractivity contribution < 1.29 is 4.74 Å². The van der Waals surface area contributed by atoms with Crippen LogP contribution in [-0.4, -0.2) is 12.6 Å². The standard InChI is InChI=1S/C12H18N2O/c1-6-5-14-11-8(3)7(2)10(13)9(4)12(11)15-6/h6,14H,5,13H2,1-4H3. The molecule has 1 aliphatic rings. The summed E-state index contributed by atoms with van der Waals surface area (Å²) in [5.41, 5.74) is 11.4. The number of fused-ring (bicyclic) bond motifs is 1. The molecule has 0 fully saturated rings. The Morgan fingerprint density at radius 3 is 2.53 bits per heavy atom. The lowest BCUT2D eigenvalue weighted by atomic mass is 9.99. The van der Waals surface area contributed by atoms with Gasteiger partial charge in [0, 0.05) is 11.3 Å². The van der Waals surface area contributed by atoms with Crippen LogP contribution in [0.1, 0.15) is 23.6 Å². The minimum atomic E-state index is 0.206. The summed E-state index contributed by atoms with van der Waals surface area (Å²) in [7, 11) is 0. The molecule has 1 aromatic rings. The lowest BCUT2D eigenvalue weighted by molar-refractivity contribution is 0.224. The van der Waals surface area contributed by atoms with Crippen LogP contribution < -0.4 is 15.8 Å². The summed E-state index contributed by atoms with van der Waals surface area (Å²) in [5, 5.41) is 3.41. The highest BCUT2D eigenvalue weighted by atomic mass is 16.5. The van der Waals surface area contributed by atoms with Gasteiger partial charge in [0.25, 0.3) is 0 Å². The molecule has 0 saturated carbocycles. The number of hydrogen-bond donors (Lipinski definition) is 2. The van der Waals surface area contributed by atoms with Crippen molar-refractivity contribution >= 4 is 11.4 Å². The van der Waals surface area contributed by atoms with Crippen molar-refractivity contribution in [3.63, 3.8) is 0 Å². The molecule has 82 valence electrons. The van der Waals surface area contributed by atoms with Crippen LogP contribution >= 0.6 is 0 Å². The molecule has 0 spiro atoms. The Bertz CT molecular complexity index is 413. The average molecular weight is 206 g/mol. The van der Waals surface area contributed by atoms with Crippen molar-refractivity contribution in [1.29, 1.82) is 0 Å². The van der Waals surface area contributed by atoms with Gasteiger partial charge in [0.2, 0.25) is 0 Å². The van der Waals surface area contributed by atoms with Gasteiger partial charge in [-0.1, -0.05) is 0 Å². The van der Waals surface area contributed by atoms with Crippen LogP contribution in [-0.2, 0) is 0 Å². The number of hydrogen-bond acceptors (Lipinski definition) is 3. The molecule has 0 bridgehead atoms. The number of nitrogens with one attached hydrogen (secondary N) is 1. The lowest BCUT2D eigenvalue weighted by Crippen LogP contribution is -2.29. The molecule has 0 radical (unpaired) electrons. The maximum atomic E-state index is 6.04. The van der Waals surface area contributed by atoms with Crippen LogP contribution in [0.25, 0.3) is 0 Å². The summed E-state index contributed by atoms with van der Waals surface area (Å²) in [4.78, 5) is 0. The Morgan fingerprint density at radius 1 is 1.20 bits per heavy atom. The van der Waals surface area contributed by atoms with Crippen molar-refractivity contribution in [2.75, 3.05) is 17.6 Å². The van der Waals surface area contributed by atoms with E-state index in [1.165, 1.54) is 5.56 Å². The smallest absolute Gasteiger partial charge is 0.148 e. The number of ether oxygens (including phenoxy) is 1. The minimum Gasteiger partial charge on any atom is -0.486 e. The summed E-state index contributed by atoms with van der Waals surface area (Å²) < 4.78 is 5.84. The van der Waals surface area contributed by atoms with E-state index in [0.29, 0.717) is 0 Å². The van der Waals surface area contributed by atoms with Crippen molar-refractivity contribution in [2.24, 2.45) is 0 Å². The van der Waals surface area contributed by atoms with Gasteiger partial charge in [-0.2, -0.15) is 0 Å². The fourth-order valence-electron chi connectivity index (χ4n) is 2.00. The molecule has 0 saturated heterocycles. The van der Waals surface area contributed by atoms with Crippen LogP contribution in [0.5, 0.6) is 5.75 Å². The van der Waals surface area contributed by atoms with E-state index in [2.05, 4.69) is 26.1 Å². The Hall–Kier alpha value is -1.38. The molecule has 1 unspecified atom stereocenters. The first kappa shape index (κ1) is 10.1. The lowest BCUT2D eigenvalue weighted by Gasteiger charge is -2.29. The molecule has 1 aliphatic heterocycles. The molecule has 2 rings (SSSR count). The Labute approximate surface area is 90.6 Å². The molecule has 1 atom stereocenters. The van der Waals surface area contributed by atoms with E-state index < -0.39 is 0 Å². The SMILES string of the molecule is Cc1c(C)c2c(c(C)c1N)OC(C)CN2.